The highest BCUT2D eigenvalue weighted by molar-refractivity contribution is 7.89. The average Bonchev–Trinajstić information content (AvgIpc) is 2.83. The molecule has 2 aromatic carbocycles. The first-order valence-corrected chi connectivity index (χ1v) is 12.5. The molecule has 2 aromatic rings. The molecule has 0 atom stereocenters. The lowest BCUT2D eigenvalue weighted by Gasteiger charge is -2.29. The maximum absolute atomic E-state index is 13.0. The number of carbonyl (C=O) groups is 2. The average molecular weight is 536 g/mol. The van der Waals surface area contributed by atoms with Crippen LogP contribution in [0.15, 0.2) is 54.6 Å². The summed E-state index contributed by atoms with van der Waals surface area (Å²) in [5.41, 5.74) is 1.31. The summed E-state index contributed by atoms with van der Waals surface area (Å²) in [4.78, 5) is 23.5. The number of rotatable bonds is 7. The number of nitrogens with zero attached hydrogens (tertiary/aromatic N) is 2. The van der Waals surface area contributed by atoms with Gasteiger partial charge in [-0.25, -0.2) is 13.2 Å². The molecule has 0 unspecified atom stereocenters. The molecule has 192 valence electrons. The van der Waals surface area contributed by atoms with Gasteiger partial charge >= 0.3 is 12.1 Å². The van der Waals surface area contributed by atoms with Crippen LogP contribution in [0.2, 0.25) is 5.02 Å². The van der Waals surface area contributed by atoms with Crippen molar-refractivity contribution in [3.63, 3.8) is 0 Å². The molecule has 1 aliphatic rings. The van der Waals surface area contributed by atoms with E-state index in [4.69, 9.17) is 21.5 Å². The molecule has 1 aliphatic heterocycles. The van der Waals surface area contributed by atoms with Crippen LogP contribution in [-0.4, -0.2) is 79.3 Å². The standard InChI is InChI=1S/C20H24ClN3O3S.C2HF3O2/c21-19-9-5-4-8-18(19)16-23(20(25)17-6-2-1-3-7-17)14-15-28(26,27)24-12-10-22-11-13-24;3-2(4,5)1(6)7/h1-9,22H,10-16H2;(H,6,7). The number of piperazine rings is 1. The number of hydrogen-bond donors (Lipinski definition) is 2. The van der Waals surface area contributed by atoms with E-state index >= 15 is 0 Å². The Morgan fingerprint density at radius 2 is 1.57 bits per heavy atom. The molecule has 1 fully saturated rings. The fraction of sp³-hybridized carbons (Fsp3) is 0.364. The first-order valence-electron chi connectivity index (χ1n) is 10.5. The molecular formula is C22H25ClF3N3O5S. The van der Waals surface area contributed by atoms with Gasteiger partial charge in [-0.15, -0.1) is 0 Å². The van der Waals surface area contributed by atoms with Gasteiger partial charge in [0.25, 0.3) is 5.91 Å². The minimum absolute atomic E-state index is 0.102. The molecule has 35 heavy (non-hydrogen) atoms. The second-order valence-corrected chi connectivity index (χ2v) is 9.95. The minimum Gasteiger partial charge on any atom is -0.475 e. The van der Waals surface area contributed by atoms with E-state index in [1.807, 2.05) is 24.3 Å². The number of alkyl halides is 3. The van der Waals surface area contributed by atoms with Gasteiger partial charge in [-0.3, -0.25) is 4.79 Å². The summed E-state index contributed by atoms with van der Waals surface area (Å²) in [7, 11) is -3.43. The number of aliphatic carboxylic acids is 1. The molecule has 0 saturated carbocycles. The number of sulfonamides is 1. The molecule has 0 bridgehead atoms. The summed E-state index contributed by atoms with van der Waals surface area (Å²) in [6, 6.07) is 16.2. The molecule has 13 heteroatoms. The second-order valence-electron chi connectivity index (χ2n) is 7.45. The van der Waals surface area contributed by atoms with Gasteiger partial charge < -0.3 is 15.3 Å². The van der Waals surface area contributed by atoms with E-state index in [-0.39, 0.29) is 24.7 Å². The Labute approximate surface area is 206 Å². The summed E-state index contributed by atoms with van der Waals surface area (Å²) >= 11 is 6.26. The Kier molecular flexibility index (Phi) is 10.5. The van der Waals surface area contributed by atoms with Crippen molar-refractivity contribution < 1.29 is 36.3 Å². The normalized spacial score (nSPS) is 14.5. The Bertz CT molecular complexity index is 1100. The van der Waals surface area contributed by atoms with E-state index in [0.717, 1.165) is 5.56 Å². The number of carboxylic acid groups (broad SMARTS) is 1. The van der Waals surface area contributed by atoms with Gasteiger partial charge in [0.15, 0.2) is 0 Å². The predicted octanol–water partition coefficient (Wildman–Crippen LogP) is 2.85. The molecular weight excluding hydrogens is 511 g/mol. The van der Waals surface area contributed by atoms with E-state index in [9.17, 15) is 26.4 Å². The SMILES string of the molecule is O=C(O)C(F)(F)F.O=C(c1ccccc1)N(CCS(=O)(=O)N1CCNCC1)Cc1ccccc1Cl. The first-order chi connectivity index (χ1) is 16.4. The van der Waals surface area contributed by atoms with Gasteiger partial charge in [-0.1, -0.05) is 48.0 Å². The Morgan fingerprint density at radius 1 is 1.03 bits per heavy atom. The second kappa shape index (κ2) is 12.9. The lowest BCUT2D eigenvalue weighted by atomic mass is 10.1. The molecule has 0 aromatic heterocycles. The third-order valence-electron chi connectivity index (χ3n) is 4.96. The summed E-state index contributed by atoms with van der Waals surface area (Å²) in [6.45, 7) is 2.56. The monoisotopic (exact) mass is 535 g/mol. The van der Waals surface area contributed by atoms with Crippen molar-refractivity contribution in [2.75, 3.05) is 38.5 Å². The molecule has 1 saturated heterocycles. The quantitative estimate of drug-likeness (QED) is 0.565. The van der Waals surface area contributed by atoms with Gasteiger partial charge in [-0.2, -0.15) is 17.5 Å². The van der Waals surface area contributed by atoms with Crippen LogP contribution in [0.3, 0.4) is 0 Å². The predicted molar refractivity (Wildman–Crippen MR) is 125 cm³/mol. The van der Waals surface area contributed by atoms with Crippen molar-refractivity contribution >= 4 is 33.5 Å². The maximum Gasteiger partial charge on any atom is 0.490 e. The lowest BCUT2D eigenvalue weighted by Crippen LogP contribution is -2.48. The van der Waals surface area contributed by atoms with Crippen LogP contribution in [0.1, 0.15) is 15.9 Å². The van der Waals surface area contributed by atoms with Gasteiger partial charge in [0.1, 0.15) is 0 Å². The third kappa shape index (κ3) is 9.13. The van der Waals surface area contributed by atoms with Crippen LogP contribution in [0, 0.1) is 0 Å². The Balaban J connectivity index is 0.000000540. The van der Waals surface area contributed by atoms with Crippen LogP contribution < -0.4 is 5.32 Å². The number of nitrogens with one attached hydrogen (secondary N) is 1. The molecule has 8 nitrogen and oxygen atoms in total. The molecule has 1 amide bonds. The fourth-order valence-corrected chi connectivity index (χ4v) is 4.77. The lowest BCUT2D eigenvalue weighted by molar-refractivity contribution is -0.192. The van der Waals surface area contributed by atoms with Gasteiger partial charge in [0.05, 0.1) is 5.75 Å². The Hall–Kier alpha value is -2.67. The molecule has 0 radical (unpaired) electrons. The molecule has 0 aliphatic carbocycles. The van der Waals surface area contributed by atoms with Crippen molar-refractivity contribution in [3.8, 4) is 0 Å². The van der Waals surface area contributed by atoms with E-state index < -0.39 is 22.2 Å². The van der Waals surface area contributed by atoms with E-state index in [1.54, 1.807) is 35.2 Å². The molecule has 1 heterocycles. The van der Waals surface area contributed by atoms with Crippen LogP contribution in [0.5, 0.6) is 0 Å². The smallest absolute Gasteiger partial charge is 0.475 e. The highest BCUT2D eigenvalue weighted by Crippen LogP contribution is 2.19. The number of halogens is 4. The van der Waals surface area contributed by atoms with E-state index in [1.165, 1.54) is 4.31 Å². The minimum atomic E-state index is -5.08. The largest absolute Gasteiger partial charge is 0.490 e. The van der Waals surface area contributed by atoms with Crippen LogP contribution >= 0.6 is 11.6 Å². The first kappa shape index (κ1) is 28.6. The molecule has 2 N–H and O–H groups in total. The third-order valence-corrected chi connectivity index (χ3v) is 7.18. The zero-order chi connectivity index (χ0) is 26.1. The van der Waals surface area contributed by atoms with Crippen LogP contribution in [-0.2, 0) is 21.4 Å². The highest BCUT2D eigenvalue weighted by atomic mass is 35.5. The summed E-state index contributed by atoms with van der Waals surface area (Å²) < 4.78 is 58.6. The van der Waals surface area contributed by atoms with Gasteiger partial charge in [0.2, 0.25) is 10.0 Å². The molecule has 3 rings (SSSR count). The highest BCUT2D eigenvalue weighted by Gasteiger charge is 2.38. The number of benzene rings is 2. The van der Waals surface area contributed by atoms with Crippen LogP contribution in [0.4, 0.5) is 13.2 Å². The fourth-order valence-electron chi connectivity index (χ4n) is 3.13. The van der Waals surface area contributed by atoms with Crippen molar-refractivity contribution in [3.05, 3.63) is 70.7 Å². The topological polar surface area (TPSA) is 107 Å². The Morgan fingerprint density at radius 3 is 2.11 bits per heavy atom. The van der Waals surface area contributed by atoms with E-state index in [2.05, 4.69) is 5.32 Å². The number of hydrogen-bond acceptors (Lipinski definition) is 5. The number of carboxylic acids is 1. The van der Waals surface area contributed by atoms with Gasteiger partial charge in [0, 0.05) is 49.9 Å². The summed E-state index contributed by atoms with van der Waals surface area (Å²) in [6.07, 6.45) is -5.08. The van der Waals surface area contributed by atoms with E-state index in [0.29, 0.717) is 36.8 Å². The zero-order valence-electron chi connectivity index (χ0n) is 18.5. The summed E-state index contributed by atoms with van der Waals surface area (Å²) in [5, 5.41) is 10.8. The van der Waals surface area contributed by atoms with Crippen molar-refractivity contribution in [2.45, 2.75) is 12.7 Å². The van der Waals surface area contributed by atoms with Crippen molar-refractivity contribution in [2.24, 2.45) is 0 Å². The van der Waals surface area contributed by atoms with Crippen LogP contribution in [0.25, 0.3) is 0 Å². The van der Waals surface area contributed by atoms with Crippen molar-refractivity contribution in [1.82, 2.24) is 14.5 Å². The maximum atomic E-state index is 13.0. The number of amides is 1. The van der Waals surface area contributed by atoms with Gasteiger partial charge in [-0.05, 0) is 23.8 Å². The number of carbonyl (C=O) groups excluding carboxylic acids is 1. The van der Waals surface area contributed by atoms with Crippen molar-refractivity contribution in [1.29, 1.82) is 0 Å². The summed E-state index contributed by atoms with van der Waals surface area (Å²) in [5.74, 6) is -3.08. The molecule has 0 spiro atoms. The zero-order valence-corrected chi connectivity index (χ0v) is 20.1.